The van der Waals surface area contributed by atoms with Crippen LogP contribution in [-0.4, -0.2) is 31.1 Å². The summed E-state index contributed by atoms with van der Waals surface area (Å²) in [6.45, 7) is 12.5. The first-order chi connectivity index (χ1) is 27.0. The van der Waals surface area contributed by atoms with Gasteiger partial charge < -0.3 is 9.64 Å². The molecule has 0 unspecified atom stereocenters. The smallest absolute Gasteiger partial charge is 0.109 e. The molecule has 0 radical (unpaired) electrons. The van der Waals surface area contributed by atoms with Gasteiger partial charge in [0.1, 0.15) is 5.60 Å². The minimum atomic E-state index is -0.0108. The summed E-state index contributed by atoms with van der Waals surface area (Å²) in [6, 6.07) is 0. The Labute approximate surface area is 347 Å². The molecule has 0 aromatic carbocycles. The zero-order valence-corrected chi connectivity index (χ0v) is 38.3. The van der Waals surface area contributed by atoms with E-state index < -0.39 is 0 Å². The highest BCUT2D eigenvalue weighted by Gasteiger charge is 2.31. The molecule has 0 aliphatic carbocycles. The van der Waals surface area contributed by atoms with Gasteiger partial charge in [-0.05, 0) is 130 Å². The van der Waals surface area contributed by atoms with Crippen LogP contribution < -0.4 is 0 Å². The van der Waals surface area contributed by atoms with E-state index in [-0.39, 0.29) is 5.60 Å². The molecular weight excluding hydrogens is 667 g/mol. The van der Waals surface area contributed by atoms with Crippen molar-refractivity contribution in [2.45, 2.75) is 258 Å². The fourth-order valence-corrected chi connectivity index (χ4v) is 7.75. The lowest BCUT2D eigenvalue weighted by Crippen LogP contribution is -2.33. The lowest BCUT2D eigenvalue weighted by atomic mass is 9.84. The highest BCUT2D eigenvalue weighted by Crippen LogP contribution is 2.35. The van der Waals surface area contributed by atoms with E-state index in [0.29, 0.717) is 0 Å². The highest BCUT2D eigenvalue weighted by molar-refractivity contribution is 4.94. The van der Waals surface area contributed by atoms with Gasteiger partial charge in [-0.25, -0.2) is 0 Å². The minimum absolute atomic E-state index is 0.0108. The fraction of sp³-hybridized carbons (Fsp3) is 0.811. The third-order valence-corrected chi connectivity index (χ3v) is 11.3. The van der Waals surface area contributed by atoms with Crippen LogP contribution in [0.15, 0.2) is 60.9 Å². The number of hydrogen-bond acceptors (Lipinski definition) is 2. The van der Waals surface area contributed by atoms with Gasteiger partial charge in [0.05, 0.1) is 5.76 Å². The predicted octanol–water partition coefficient (Wildman–Crippen LogP) is 18.1. The van der Waals surface area contributed by atoms with E-state index in [4.69, 9.17) is 4.74 Å². The lowest BCUT2D eigenvalue weighted by Gasteiger charge is -2.36. The first-order valence-corrected chi connectivity index (χ1v) is 24.6. The Hall–Kier alpha value is -1.54. The SMILES string of the molecule is C=C(CCCN(C)C)OC(CCCCCCCCC)(CCCCCCCC/C=C\C/C=C\CCCCC)CCCCCCCC/C=C\C/C=C\CCCCC. The van der Waals surface area contributed by atoms with Gasteiger partial charge in [-0.1, -0.05) is 192 Å². The molecule has 0 saturated carbocycles. The van der Waals surface area contributed by atoms with Crippen LogP contribution in [-0.2, 0) is 4.74 Å². The third-order valence-electron chi connectivity index (χ3n) is 11.3. The van der Waals surface area contributed by atoms with Crippen molar-refractivity contribution in [3.05, 3.63) is 60.9 Å². The molecule has 2 nitrogen and oxygen atoms in total. The molecule has 0 spiro atoms. The van der Waals surface area contributed by atoms with Gasteiger partial charge in [-0.15, -0.1) is 0 Å². The van der Waals surface area contributed by atoms with E-state index in [2.05, 4.69) is 95.0 Å². The molecule has 322 valence electrons. The van der Waals surface area contributed by atoms with Gasteiger partial charge in [0, 0.05) is 6.42 Å². The fourth-order valence-electron chi connectivity index (χ4n) is 7.75. The maximum Gasteiger partial charge on any atom is 0.109 e. The van der Waals surface area contributed by atoms with E-state index in [0.717, 1.165) is 38.0 Å². The van der Waals surface area contributed by atoms with Crippen LogP contribution in [0.2, 0.25) is 0 Å². The van der Waals surface area contributed by atoms with Crippen molar-refractivity contribution in [3.63, 3.8) is 0 Å². The summed E-state index contributed by atoms with van der Waals surface area (Å²) in [5, 5.41) is 0. The Morgan fingerprint density at radius 2 is 0.727 bits per heavy atom. The van der Waals surface area contributed by atoms with Crippen molar-refractivity contribution < 1.29 is 4.74 Å². The summed E-state index contributed by atoms with van der Waals surface area (Å²) < 4.78 is 7.08. The van der Waals surface area contributed by atoms with Crippen LogP contribution in [0.5, 0.6) is 0 Å². The van der Waals surface area contributed by atoms with Crippen molar-refractivity contribution in [3.8, 4) is 0 Å². The molecule has 0 aromatic heterocycles. The molecule has 0 rings (SSSR count). The second-order valence-electron chi connectivity index (χ2n) is 17.3. The predicted molar refractivity (Wildman–Crippen MR) is 251 cm³/mol. The van der Waals surface area contributed by atoms with E-state index in [1.54, 1.807) is 0 Å². The summed E-state index contributed by atoms with van der Waals surface area (Å²) in [7, 11) is 4.34. The van der Waals surface area contributed by atoms with E-state index in [1.165, 1.54) is 205 Å². The van der Waals surface area contributed by atoms with Crippen molar-refractivity contribution >= 4 is 0 Å². The summed E-state index contributed by atoms with van der Waals surface area (Å²) in [4.78, 5) is 2.29. The average Bonchev–Trinajstić information content (AvgIpc) is 3.17. The van der Waals surface area contributed by atoms with Gasteiger partial charge in [-0.2, -0.15) is 0 Å². The lowest BCUT2D eigenvalue weighted by molar-refractivity contribution is -0.0295. The first-order valence-electron chi connectivity index (χ1n) is 24.6. The molecular formula is C53H99NO. The minimum Gasteiger partial charge on any atom is -0.492 e. The molecule has 0 amide bonds. The third kappa shape index (κ3) is 40.5. The summed E-state index contributed by atoms with van der Waals surface area (Å²) in [5.74, 6) is 1.05. The number of hydrogen-bond donors (Lipinski definition) is 0. The monoisotopic (exact) mass is 766 g/mol. The number of ether oxygens (including phenoxy) is 1. The molecule has 0 atom stereocenters. The maximum absolute atomic E-state index is 7.08. The van der Waals surface area contributed by atoms with Gasteiger partial charge in [0.2, 0.25) is 0 Å². The number of unbranched alkanes of at least 4 members (excludes halogenated alkanes) is 24. The highest BCUT2D eigenvalue weighted by atomic mass is 16.5. The largest absolute Gasteiger partial charge is 0.492 e. The molecule has 0 N–H and O–H groups in total. The Bertz CT molecular complexity index is 846. The van der Waals surface area contributed by atoms with Gasteiger partial charge in [0.15, 0.2) is 0 Å². The van der Waals surface area contributed by atoms with E-state index in [9.17, 15) is 0 Å². The molecule has 0 heterocycles. The number of allylic oxidation sites excluding steroid dienone is 9. The van der Waals surface area contributed by atoms with Crippen molar-refractivity contribution in [1.82, 2.24) is 4.90 Å². The number of rotatable bonds is 44. The Balaban J connectivity index is 4.86. The molecule has 0 bridgehead atoms. The Morgan fingerprint density at radius 1 is 0.418 bits per heavy atom. The van der Waals surface area contributed by atoms with Crippen LogP contribution >= 0.6 is 0 Å². The van der Waals surface area contributed by atoms with E-state index >= 15 is 0 Å². The number of nitrogens with zero attached hydrogens (tertiary/aromatic N) is 1. The summed E-state index contributed by atoms with van der Waals surface area (Å²) in [5.41, 5.74) is -0.0108. The van der Waals surface area contributed by atoms with Crippen molar-refractivity contribution in [1.29, 1.82) is 0 Å². The van der Waals surface area contributed by atoms with Gasteiger partial charge >= 0.3 is 0 Å². The Morgan fingerprint density at radius 3 is 1.09 bits per heavy atom. The van der Waals surface area contributed by atoms with Crippen LogP contribution in [0.3, 0.4) is 0 Å². The van der Waals surface area contributed by atoms with Crippen molar-refractivity contribution in [2.75, 3.05) is 20.6 Å². The standard InChI is InChI=1S/C53H99NO/c1-7-10-13-16-19-21-23-25-27-29-31-33-35-38-41-44-49-53(48-43-40-37-18-15-12-9-3,55-52(4)47-46-51-54(5)6)50-45-42-39-36-34-32-30-28-26-24-22-20-17-14-11-8-2/h19-22,25-28H,4,7-18,23-24,29-51H2,1-3,5-6H3/b21-19-,22-20-,27-25-,28-26-. The normalized spacial score (nSPS) is 12.5. The molecule has 0 aromatic rings. The molecule has 2 heteroatoms. The molecule has 55 heavy (non-hydrogen) atoms. The van der Waals surface area contributed by atoms with Crippen LogP contribution in [0.25, 0.3) is 0 Å². The molecule has 0 saturated heterocycles. The zero-order valence-electron chi connectivity index (χ0n) is 38.3. The molecule has 0 aliphatic rings. The molecule has 0 fully saturated rings. The topological polar surface area (TPSA) is 12.5 Å². The van der Waals surface area contributed by atoms with Gasteiger partial charge in [-0.3, -0.25) is 0 Å². The second kappa shape index (κ2) is 43.6. The Kier molecular flexibility index (Phi) is 42.4. The first kappa shape index (κ1) is 53.5. The van der Waals surface area contributed by atoms with Crippen LogP contribution in [0.1, 0.15) is 252 Å². The van der Waals surface area contributed by atoms with Crippen LogP contribution in [0, 0.1) is 0 Å². The van der Waals surface area contributed by atoms with Crippen molar-refractivity contribution in [2.24, 2.45) is 0 Å². The quantitative estimate of drug-likeness (QED) is 0.0348. The average molecular weight is 766 g/mol. The molecule has 0 aliphatic heterocycles. The second-order valence-corrected chi connectivity index (χ2v) is 17.3. The summed E-state index contributed by atoms with van der Waals surface area (Å²) >= 11 is 0. The van der Waals surface area contributed by atoms with Crippen LogP contribution in [0.4, 0.5) is 0 Å². The van der Waals surface area contributed by atoms with Gasteiger partial charge in [0.25, 0.3) is 0 Å². The maximum atomic E-state index is 7.08. The zero-order chi connectivity index (χ0) is 40.2. The summed E-state index contributed by atoms with van der Waals surface area (Å²) in [6.07, 6.45) is 65.7. The van der Waals surface area contributed by atoms with E-state index in [1.807, 2.05) is 0 Å².